The number of benzene rings is 1. The van der Waals surface area contributed by atoms with Crippen LogP contribution in [-0.2, 0) is 9.59 Å². The standard InChI is InChI=1S/C15H22FNO.C4H4O4/c1-11-7-14(16)8-12(2)15(11)18-10-13-5-4-6-17(3)9-13;5-3(6)1-2-4(7)8/h7-8,13H,4-6,9-10H2,1-3H3;1-2H,(H,5,6)(H,7,8). The number of aliphatic carboxylic acids is 2. The minimum absolute atomic E-state index is 0.185. The predicted octanol–water partition coefficient (Wildman–Crippen LogP) is 2.87. The molecule has 0 amide bonds. The summed E-state index contributed by atoms with van der Waals surface area (Å²) in [4.78, 5) is 21.5. The Balaban J connectivity index is 0.000000359. The molecule has 2 rings (SSSR count). The number of aryl methyl sites for hydroxylation is 2. The third-order valence-corrected chi connectivity index (χ3v) is 3.98. The topological polar surface area (TPSA) is 87.1 Å². The molecule has 0 bridgehead atoms. The number of likely N-dealkylation sites (tertiary alicyclic amines) is 1. The molecule has 0 aromatic heterocycles. The number of nitrogens with zero attached hydrogens (tertiary/aromatic N) is 1. The molecule has 0 saturated carbocycles. The SMILES string of the molecule is Cc1cc(F)cc(C)c1OCC1CCCN(C)C1.O=C(O)C=CC(=O)O. The van der Waals surface area contributed by atoms with Gasteiger partial charge in [0.05, 0.1) is 6.61 Å². The first kappa shape index (κ1) is 21.6. The number of rotatable bonds is 5. The van der Waals surface area contributed by atoms with Crippen LogP contribution in [0, 0.1) is 25.6 Å². The molecule has 1 fully saturated rings. The van der Waals surface area contributed by atoms with Gasteiger partial charge in [-0.2, -0.15) is 0 Å². The van der Waals surface area contributed by atoms with Crippen LogP contribution in [0.25, 0.3) is 0 Å². The molecule has 1 atom stereocenters. The van der Waals surface area contributed by atoms with Crippen molar-refractivity contribution in [3.63, 3.8) is 0 Å². The summed E-state index contributed by atoms with van der Waals surface area (Å²) in [6.07, 6.45) is 3.58. The summed E-state index contributed by atoms with van der Waals surface area (Å²) < 4.78 is 19.1. The highest BCUT2D eigenvalue weighted by Crippen LogP contribution is 2.25. The Bertz CT molecular complexity index is 620. The number of carboxylic acid groups (broad SMARTS) is 2. The number of carbonyl (C=O) groups is 2. The van der Waals surface area contributed by atoms with Gasteiger partial charge in [0.25, 0.3) is 0 Å². The Kier molecular flexibility index (Phi) is 8.78. The zero-order valence-corrected chi connectivity index (χ0v) is 15.4. The third kappa shape index (κ3) is 8.11. The molecule has 0 radical (unpaired) electrons. The Morgan fingerprint density at radius 3 is 2.23 bits per heavy atom. The minimum Gasteiger partial charge on any atom is -0.493 e. The summed E-state index contributed by atoms with van der Waals surface area (Å²) in [6.45, 7) is 6.82. The van der Waals surface area contributed by atoms with E-state index in [0.717, 1.165) is 30.0 Å². The second-order valence-electron chi connectivity index (χ2n) is 6.46. The second-order valence-corrected chi connectivity index (χ2v) is 6.46. The fourth-order valence-corrected chi connectivity index (χ4v) is 2.88. The summed E-state index contributed by atoms with van der Waals surface area (Å²) in [5, 5.41) is 15.6. The van der Waals surface area contributed by atoms with Gasteiger partial charge in [0.15, 0.2) is 0 Å². The Morgan fingerprint density at radius 2 is 1.77 bits per heavy atom. The van der Waals surface area contributed by atoms with Gasteiger partial charge < -0.3 is 19.8 Å². The van der Waals surface area contributed by atoms with E-state index in [2.05, 4.69) is 11.9 Å². The Morgan fingerprint density at radius 1 is 1.23 bits per heavy atom. The lowest BCUT2D eigenvalue weighted by molar-refractivity contribution is -0.134. The second kappa shape index (κ2) is 10.6. The van der Waals surface area contributed by atoms with Crippen LogP contribution < -0.4 is 4.74 Å². The van der Waals surface area contributed by atoms with Crippen LogP contribution >= 0.6 is 0 Å². The van der Waals surface area contributed by atoms with Crippen LogP contribution in [0.4, 0.5) is 4.39 Å². The molecule has 1 saturated heterocycles. The van der Waals surface area contributed by atoms with E-state index in [0.29, 0.717) is 18.1 Å². The molecule has 2 N–H and O–H groups in total. The first-order chi connectivity index (χ1) is 12.2. The number of hydrogen-bond acceptors (Lipinski definition) is 4. The fourth-order valence-electron chi connectivity index (χ4n) is 2.88. The first-order valence-corrected chi connectivity index (χ1v) is 8.41. The molecule has 1 aliphatic rings. The molecule has 144 valence electrons. The van der Waals surface area contributed by atoms with Gasteiger partial charge >= 0.3 is 11.9 Å². The molecule has 0 aliphatic carbocycles. The summed E-state index contributed by atoms with van der Waals surface area (Å²) in [6, 6.07) is 3.07. The van der Waals surface area contributed by atoms with Crippen molar-refractivity contribution in [1.29, 1.82) is 0 Å². The van der Waals surface area contributed by atoms with Gasteiger partial charge in [-0.3, -0.25) is 0 Å². The van der Waals surface area contributed by atoms with Crippen molar-refractivity contribution in [2.24, 2.45) is 5.92 Å². The molecule has 7 heteroatoms. The van der Waals surface area contributed by atoms with Crippen LogP contribution in [0.15, 0.2) is 24.3 Å². The van der Waals surface area contributed by atoms with E-state index in [-0.39, 0.29) is 5.82 Å². The molecule has 1 aromatic rings. The summed E-state index contributed by atoms with van der Waals surface area (Å²) in [5.41, 5.74) is 1.77. The average Bonchev–Trinajstić information content (AvgIpc) is 2.52. The summed E-state index contributed by atoms with van der Waals surface area (Å²) in [5.74, 6) is -1.26. The summed E-state index contributed by atoms with van der Waals surface area (Å²) in [7, 11) is 2.15. The van der Waals surface area contributed by atoms with E-state index >= 15 is 0 Å². The lowest BCUT2D eigenvalue weighted by atomic mass is 9.99. The van der Waals surface area contributed by atoms with Crippen molar-refractivity contribution >= 4 is 11.9 Å². The molecule has 1 aliphatic heterocycles. The van der Waals surface area contributed by atoms with Crippen molar-refractivity contribution in [2.45, 2.75) is 26.7 Å². The van der Waals surface area contributed by atoms with Gasteiger partial charge in [-0.05, 0) is 63.5 Å². The molecular formula is C19H26FNO5. The van der Waals surface area contributed by atoms with E-state index in [1.165, 1.54) is 31.5 Å². The van der Waals surface area contributed by atoms with Crippen molar-refractivity contribution in [3.05, 3.63) is 41.2 Å². The molecular weight excluding hydrogens is 341 g/mol. The molecule has 0 spiro atoms. The van der Waals surface area contributed by atoms with E-state index in [1.807, 2.05) is 13.8 Å². The van der Waals surface area contributed by atoms with Crippen LogP contribution in [0.5, 0.6) is 5.75 Å². The number of hydrogen-bond donors (Lipinski definition) is 2. The monoisotopic (exact) mass is 367 g/mol. The third-order valence-electron chi connectivity index (χ3n) is 3.98. The van der Waals surface area contributed by atoms with Crippen LogP contribution in [-0.4, -0.2) is 53.8 Å². The van der Waals surface area contributed by atoms with Gasteiger partial charge in [-0.15, -0.1) is 0 Å². The zero-order chi connectivity index (χ0) is 19.7. The molecule has 1 aromatic carbocycles. The molecule has 26 heavy (non-hydrogen) atoms. The molecule has 1 unspecified atom stereocenters. The van der Waals surface area contributed by atoms with E-state index in [4.69, 9.17) is 14.9 Å². The van der Waals surface area contributed by atoms with E-state index in [9.17, 15) is 14.0 Å². The highest BCUT2D eigenvalue weighted by atomic mass is 19.1. The van der Waals surface area contributed by atoms with Crippen LogP contribution in [0.3, 0.4) is 0 Å². The first-order valence-electron chi connectivity index (χ1n) is 8.41. The highest BCUT2D eigenvalue weighted by Gasteiger charge is 2.18. The van der Waals surface area contributed by atoms with Gasteiger partial charge in [0.1, 0.15) is 11.6 Å². The maximum Gasteiger partial charge on any atom is 0.328 e. The van der Waals surface area contributed by atoms with Gasteiger partial charge in [-0.25, -0.2) is 14.0 Å². The predicted molar refractivity (Wildman–Crippen MR) is 96.0 cm³/mol. The maximum atomic E-state index is 13.2. The minimum atomic E-state index is -1.26. The van der Waals surface area contributed by atoms with Crippen LogP contribution in [0.2, 0.25) is 0 Å². The molecule has 6 nitrogen and oxygen atoms in total. The highest BCUT2D eigenvalue weighted by molar-refractivity contribution is 5.89. The van der Waals surface area contributed by atoms with Gasteiger partial charge in [0.2, 0.25) is 0 Å². The van der Waals surface area contributed by atoms with Crippen LogP contribution in [0.1, 0.15) is 24.0 Å². The fraction of sp³-hybridized carbons (Fsp3) is 0.474. The zero-order valence-electron chi connectivity index (χ0n) is 15.4. The number of ether oxygens (including phenoxy) is 1. The van der Waals surface area contributed by atoms with Crippen molar-refractivity contribution < 1.29 is 28.9 Å². The quantitative estimate of drug-likeness (QED) is 0.778. The molecule has 1 heterocycles. The maximum absolute atomic E-state index is 13.2. The van der Waals surface area contributed by atoms with E-state index < -0.39 is 11.9 Å². The number of carboxylic acids is 2. The number of piperidine rings is 1. The normalized spacial score (nSPS) is 17.5. The van der Waals surface area contributed by atoms with Gasteiger partial charge in [-0.1, -0.05) is 0 Å². The summed E-state index contributed by atoms with van der Waals surface area (Å²) >= 11 is 0. The van der Waals surface area contributed by atoms with Crippen molar-refractivity contribution in [2.75, 3.05) is 26.7 Å². The van der Waals surface area contributed by atoms with Gasteiger partial charge in [0, 0.05) is 24.6 Å². The van der Waals surface area contributed by atoms with Crippen molar-refractivity contribution in [1.82, 2.24) is 4.90 Å². The lowest BCUT2D eigenvalue weighted by Crippen LogP contribution is -2.34. The van der Waals surface area contributed by atoms with E-state index in [1.54, 1.807) is 0 Å². The van der Waals surface area contributed by atoms with Crippen molar-refractivity contribution in [3.8, 4) is 5.75 Å². The number of halogens is 1. The average molecular weight is 367 g/mol. The smallest absolute Gasteiger partial charge is 0.328 e. The lowest BCUT2D eigenvalue weighted by Gasteiger charge is -2.29. The largest absolute Gasteiger partial charge is 0.493 e. The Hall–Kier alpha value is -2.41. The Labute approximate surface area is 152 Å².